The smallest absolute Gasteiger partial charge is 0.415 e. The average Bonchev–Trinajstić information content (AvgIpc) is 2.26. The van der Waals surface area contributed by atoms with Crippen molar-refractivity contribution in [3.05, 3.63) is 41.8 Å². The van der Waals surface area contributed by atoms with Crippen LogP contribution in [-0.4, -0.2) is 13.3 Å². The van der Waals surface area contributed by atoms with E-state index in [2.05, 4.69) is 11.4 Å². The number of ether oxygens (including phenoxy) is 1. The van der Waals surface area contributed by atoms with Crippen molar-refractivity contribution in [3.8, 4) is 5.75 Å². The van der Waals surface area contributed by atoms with Gasteiger partial charge in [-0.25, -0.2) is 4.85 Å². The van der Waals surface area contributed by atoms with Gasteiger partial charge in [0.2, 0.25) is 0 Å². The summed E-state index contributed by atoms with van der Waals surface area (Å²) in [6.07, 6.45) is -4.53. The zero-order valence-corrected chi connectivity index (χ0v) is 8.43. The second kappa shape index (κ2) is 4.27. The molecule has 0 spiro atoms. The van der Waals surface area contributed by atoms with Gasteiger partial charge in [0, 0.05) is 5.57 Å². The third-order valence-corrected chi connectivity index (χ3v) is 1.99. The van der Waals surface area contributed by atoms with E-state index < -0.39 is 11.7 Å². The molecule has 0 aliphatic heterocycles. The fraction of sp³-hybridized carbons (Fsp3) is 0.182. The zero-order chi connectivity index (χ0) is 12.3. The minimum Gasteiger partial charge on any atom is -0.498 e. The lowest BCUT2D eigenvalue weighted by molar-refractivity contribution is -0.0686. The Balaban J connectivity index is 3.26. The molecule has 84 valence electrons. The second-order valence-corrected chi connectivity index (χ2v) is 2.97. The molecule has 2 nitrogen and oxygen atoms in total. The van der Waals surface area contributed by atoms with E-state index in [9.17, 15) is 13.2 Å². The molecule has 0 atom stereocenters. The molecule has 0 amide bonds. The first kappa shape index (κ1) is 12.1. The molecule has 1 aromatic carbocycles. The summed E-state index contributed by atoms with van der Waals surface area (Å²) in [7, 11) is 1.38. The van der Waals surface area contributed by atoms with E-state index in [1.54, 1.807) is 0 Å². The topological polar surface area (TPSA) is 13.6 Å². The van der Waals surface area contributed by atoms with Crippen molar-refractivity contribution in [1.82, 2.24) is 0 Å². The monoisotopic (exact) mass is 227 g/mol. The van der Waals surface area contributed by atoms with Crippen LogP contribution in [0.5, 0.6) is 5.75 Å². The first-order chi connectivity index (χ1) is 7.40. The Morgan fingerprint density at radius 2 is 2.06 bits per heavy atom. The van der Waals surface area contributed by atoms with E-state index >= 15 is 0 Å². The molecule has 0 saturated carbocycles. The van der Waals surface area contributed by atoms with Gasteiger partial charge >= 0.3 is 6.18 Å². The summed E-state index contributed by atoms with van der Waals surface area (Å²) in [5.74, 6) is 0.338. The minimum absolute atomic E-state index is 0.123. The standard InChI is InChI=1S/C11H8F3NO/c1-7(11(12,13)14)9-5-4-8(16-3)6-10(9)15-2/h4-6H,1H2,3H3. The summed E-state index contributed by atoms with van der Waals surface area (Å²) in [6.45, 7) is 9.77. The summed E-state index contributed by atoms with van der Waals surface area (Å²) in [5, 5.41) is 0. The first-order valence-electron chi connectivity index (χ1n) is 4.22. The molecular formula is C11H8F3NO. The molecule has 1 aromatic rings. The van der Waals surface area contributed by atoms with Crippen LogP contribution in [0.2, 0.25) is 0 Å². The highest BCUT2D eigenvalue weighted by atomic mass is 19.4. The van der Waals surface area contributed by atoms with Crippen LogP contribution in [0.15, 0.2) is 24.8 Å². The Labute approximate surface area is 90.8 Å². The number of benzene rings is 1. The number of nitrogens with zero attached hydrogens (tertiary/aromatic N) is 1. The van der Waals surface area contributed by atoms with Crippen LogP contribution in [-0.2, 0) is 0 Å². The second-order valence-electron chi connectivity index (χ2n) is 2.97. The maximum atomic E-state index is 12.4. The largest absolute Gasteiger partial charge is 0.498 e. The van der Waals surface area contributed by atoms with Gasteiger partial charge in [0.25, 0.3) is 0 Å². The Hall–Kier alpha value is -1.96. The Kier molecular flexibility index (Phi) is 3.23. The molecular weight excluding hydrogens is 219 g/mol. The predicted molar refractivity (Wildman–Crippen MR) is 54.3 cm³/mol. The van der Waals surface area contributed by atoms with Crippen LogP contribution in [0.3, 0.4) is 0 Å². The van der Waals surface area contributed by atoms with Gasteiger partial charge in [-0.1, -0.05) is 12.6 Å². The summed E-state index contributed by atoms with van der Waals surface area (Å²) in [5.41, 5.74) is -1.37. The van der Waals surface area contributed by atoms with E-state index in [-0.39, 0.29) is 11.3 Å². The third-order valence-electron chi connectivity index (χ3n) is 1.99. The van der Waals surface area contributed by atoms with Gasteiger partial charge in [-0.15, -0.1) is 0 Å². The van der Waals surface area contributed by atoms with Crippen molar-refractivity contribution in [1.29, 1.82) is 0 Å². The molecule has 16 heavy (non-hydrogen) atoms. The molecule has 0 unspecified atom stereocenters. The predicted octanol–water partition coefficient (Wildman–Crippen LogP) is 3.82. The third kappa shape index (κ3) is 2.34. The molecule has 0 aliphatic rings. The highest BCUT2D eigenvalue weighted by molar-refractivity contribution is 5.79. The molecule has 0 bridgehead atoms. The highest BCUT2D eigenvalue weighted by Gasteiger charge is 2.33. The van der Waals surface area contributed by atoms with Crippen molar-refractivity contribution in [2.24, 2.45) is 0 Å². The number of rotatable bonds is 2. The van der Waals surface area contributed by atoms with Gasteiger partial charge < -0.3 is 4.74 Å². The number of methoxy groups -OCH3 is 1. The Morgan fingerprint density at radius 1 is 1.44 bits per heavy atom. The van der Waals surface area contributed by atoms with Crippen LogP contribution in [0.1, 0.15) is 5.56 Å². The van der Waals surface area contributed by atoms with Crippen molar-refractivity contribution < 1.29 is 17.9 Å². The molecule has 5 heteroatoms. The number of allylic oxidation sites excluding steroid dienone is 1. The first-order valence-corrected chi connectivity index (χ1v) is 4.22. The van der Waals surface area contributed by atoms with Crippen LogP contribution < -0.4 is 4.74 Å². The normalized spacial score (nSPS) is 10.7. The summed E-state index contributed by atoms with van der Waals surface area (Å²) in [4.78, 5) is 3.02. The average molecular weight is 227 g/mol. The zero-order valence-electron chi connectivity index (χ0n) is 8.43. The van der Waals surface area contributed by atoms with Crippen LogP contribution >= 0.6 is 0 Å². The Morgan fingerprint density at radius 3 is 2.50 bits per heavy atom. The number of hydrogen-bond donors (Lipinski definition) is 0. The maximum Gasteiger partial charge on any atom is 0.415 e. The fourth-order valence-corrected chi connectivity index (χ4v) is 1.14. The molecule has 0 fully saturated rings. The van der Waals surface area contributed by atoms with E-state index in [1.165, 1.54) is 25.3 Å². The van der Waals surface area contributed by atoms with Crippen molar-refractivity contribution in [2.75, 3.05) is 7.11 Å². The van der Waals surface area contributed by atoms with Crippen molar-refractivity contribution in [3.63, 3.8) is 0 Å². The van der Waals surface area contributed by atoms with Gasteiger partial charge in [0.05, 0.1) is 13.7 Å². The van der Waals surface area contributed by atoms with E-state index in [0.717, 1.165) is 0 Å². The molecule has 0 N–H and O–H groups in total. The van der Waals surface area contributed by atoms with Gasteiger partial charge in [-0.2, -0.15) is 13.2 Å². The lowest BCUT2D eigenvalue weighted by atomic mass is 10.0. The summed E-state index contributed by atoms with van der Waals surface area (Å²) >= 11 is 0. The SMILES string of the molecule is [C-]#[N+]c1cc(OC)ccc1C(=C)C(F)(F)F. The van der Waals surface area contributed by atoms with Crippen LogP contribution in [0, 0.1) is 6.57 Å². The molecule has 0 saturated heterocycles. The Bertz CT molecular complexity index is 457. The quantitative estimate of drug-likeness (QED) is 0.700. The molecule has 1 rings (SSSR count). The molecule has 0 radical (unpaired) electrons. The van der Waals surface area contributed by atoms with Crippen molar-refractivity contribution in [2.45, 2.75) is 6.18 Å². The van der Waals surface area contributed by atoms with Crippen molar-refractivity contribution >= 4 is 11.3 Å². The summed E-state index contributed by atoms with van der Waals surface area (Å²) < 4.78 is 42.0. The van der Waals surface area contributed by atoms with Gasteiger partial charge in [0.15, 0.2) is 5.69 Å². The van der Waals surface area contributed by atoms with E-state index in [0.29, 0.717) is 5.75 Å². The molecule has 0 aromatic heterocycles. The van der Waals surface area contributed by atoms with Gasteiger partial charge in [0.1, 0.15) is 5.75 Å². The highest BCUT2D eigenvalue weighted by Crippen LogP contribution is 2.38. The molecule has 0 aliphatic carbocycles. The maximum absolute atomic E-state index is 12.4. The number of hydrogen-bond acceptors (Lipinski definition) is 1. The van der Waals surface area contributed by atoms with Gasteiger partial charge in [-0.05, 0) is 17.7 Å². The lowest BCUT2D eigenvalue weighted by Gasteiger charge is -2.12. The number of halogens is 3. The number of alkyl halides is 3. The van der Waals surface area contributed by atoms with Crippen LogP contribution in [0.4, 0.5) is 18.9 Å². The van der Waals surface area contributed by atoms with Crippen LogP contribution in [0.25, 0.3) is 10.4 Å². The van der Waals surface area contributed by atoms with Gasteiger partial charge in [-0.3, -0.25) is 0 Å². The van der Waals surface area contributed by atoms with E-state index in [1.807, 2.05) is 0 Å². The fourth-order valence-electron chi connectivity index (χ4n) is 1.14. The summed E-state index contributed by atoms with van der Waals surface area (Å²) in [6, 6.07) is 3.79. The molecule has 0 heterocycles. The van der Waals surface area contributed by atoms with E-state index in [4.69, 9.17) is 11.3 Å². The minimum atomic E-state index is -4.53. The lowest BCUT2D eigenvalue weighted by Crippen LogP contribution is -2.09.